The predicted octanol–water partition coefficient (Wildman–Crippen LogP) is 4.64. The van der Waals surface area contributed by atoms with E-state index in [1.165, 1.54) is 12.1 Å². The van der Waals surface area contributed by atoms with E-state index in [2.05, 4.69) is 11.8 Å². The van der Waals surface area contributed by atoms with Gasteiger partial charge in [-0.05, 0) is 55.5 Å². The van der Waals surface area contributed by atoms with Gasteiger partial charge in [0, 0.05) is 35.6 Å². The van der Waals surface area contributed by atoms with Gasteiger partial charge in [-0.3, -0.25) is 4.90 Å². The topological polar surface area (TPSA) is 34.6 Å². The van der Waals surface area contributed by atoms with E-state index >= 15 is 0 Å². The molecule has 0 saturated carbocycles. The first kappa shape index (κ1) is 19.1. The summed E-state index contributed by atoms with van der Waals surface area (Å²) >= 11 is 1.62. The van der Waals surface area contributed by atoms with E-state index in [4.69, 9.17) is 14.5 Å². The third-order valence-electron chi connectivity index (χ3n) is 4.80. The Balaban J connectivity index is 1.40. The molecule has 4 nitrogen and oxygen atoms in total. The Morgan fingerprint density at radius 1 is 1.04 bits per heavy atom. The Morgan fingerprint density at radius 3 is 2.43 bits per heavy atom. The quantitative estimate of drug-likeness (QED) is 0.606. The van der Waals surface area contributed by atoms with E-state index in [0.717, 1.165) is 65.3 Å². The van der Waals surface area contributed by atoms with Crippen LogP contribution in [0.25, 0.3) is 21.8 Å². The molecular formula is C22H23FN2O2S. The van der Waals surface area contributed by atoms with Crippen molar-refractivity contribution in [1.29, 1.82) is 0 Å². The monoisotopic (exact) mass is 398 g/mol. The van der Waals surface area contributed by atoms with Gasteiger partial charge < -0.3 is 9.47 Å². The Bertz CT molecular complexity index is 903. The molecule has 1 aliphatic rings. The summed E-state index contributed by atoms with van der Waals surface area (Å²) in [6.07, 6.45) is 0. The number of benzene rings is 2. The minimum Gasteiger partial charge on any atom is -0.492 e. The molecule has 3 aromatic rings. The number of hydrogen-bond donors (Lipinski definition) is 0. The van der Waals surface area contributed by atoms with Crippen molar-refractivity contribution >= 4 is 11.3 Å². The highest BCUT2D eigenvalue weighted by atomic mass is 32.1. The summed E-state index contributed by atoms with van der Waals surface area (Å²) in [6.45, 7) is 7.21. The van der Waals surface area contributed by atoms with Crippen LogP contribution >= 0.6 is 11.3 Å². The molecule has 2 aromatic carbocycles. The Morgan fingerprint density at radius 2 is 1.71 bits per heavy atom. The molecular weight excluding hydrogens is 375 g/mol. The minimum atomic E-state index is -0.235. The van der Waals surface area contributed by atoms with Gasteiger partial charge in [0.25, 0.3) is 0 Å². The van der Waals surface area contributed by atoms with E-state index < -0.39 is 0 Å². The van der Waals surface area contributed by atoms with Gasteiger partial charge in [0.15, 0.2) is 0 Å². The molecule has 0 spiro atoms. The van der Waals surface area contributed by atoms with E-state index in [-0.39, 0.29) is 5.82 Å². The van der Waals surface area contributed by atoms with Crippen LogP contribution in [-0.2, 0) is 4.74 Å². The molecule has 6 heteroatoms. The molecule has 28 heavy (non-hydrogen) atoms. The van der Waals surface area contributed by atoms with Crippen molar-refractivity contribution in [3.05, 3.63) is 59.2 Å². The Labute approximate surface area is 168 Å². The predicted molar refractivity (Wildman–Crippen MR) is 110 cm³/mol. The van der Waals surface area contributed by atoms with Crippen molar-refractivity contribution in [3.63, 3.8) is 0 Å². The van der Waals surface area contributed by atoms with Crippen LogP contribution in [0.2, 0.25) is 0 Å². The molecule has 2 heterocycles. The zero-order valence-corrected chi connectivity index (χ0v) is 16.7. The minimum absolute atomic E-state index is 0.235. The highest BCUT2D eigenvalue weighted by molar-refractivity contribution is 7.15. The van der Waals surface area contributed by atoms with Gasteiger partial charge in [-0.1, -0.05) is 0 Å². The fourth-order valence-corrected chi connectivity index (χ4v) is 4.15. The van der Waals surface area contributed by atoms with Crippen LogP contribution in [0.1, 0.15) is 4.88 Å². The fourth-order valence-electron chi connectivity index (χ4n) is 3.21. The maximum atomic E-state index is 13.1. The van der Waals surface area contributed by atoms with Crippen LogP contribution in [0.15, 0.2) is 48.5 Å². The second-order valence-corrected chi connectivity index (χ2v) is 7.96. The molecule has 0 atom stereocenters. The Hall–Kier alpha value is -2.28. The highest BCUT2D eigenvalue weighted by Gasteiger charge is 2.12. The fraction of sp³-hybridized carbons (Fsp3) is 0.318. The number of rotatable bonds is 6. The summed E-state index contributed by atoms with van der Waals surface area (Å²) in [7, 11) is 0. The van der Waals surface area contributed by atoms with E-state index in [0.29, 0.717) is 6.61 Å². The second-order valence-electron chi connectivity index (χ2n) is 6.76. The Kier molecular flexibility index (Phi) is 6.00. The lowest BCUT2D eigenvalue weighted by molar-refractivity contribution is 0.0322. The molecule has 1 aromatic heterocycles. The van der Waals surface area contributed by atoms with Gasteiger partial charge in [-0.15, -0.1) is 11.3 Å². The molecule has 0 N–H and O–H groups in total. The first-order valence-corrected chi connectivity index (χ1v) is 10.3. The van der Waals surface area contributed by atoms with Crippen molar-refractivity contribution in [2.45, 2.75) is 6.92 Å². The molecule has 0 unspecified atom stereocenters. The summed E-state index contributed by atoms with van der Waals surface area (Å²) in [5, 5.41) is 0.901. The number of ether oxygens (including phenoxy) is 2. The number of hydrogen-bond acceptors (Lipinski definition) is 5. The molecule has 4 rings (SSSR count). The van der Waals surface area contributed by atoms with Crippen molar-refractivity contribution in [3.8, 4) is 27.6 Å². The smallest absolute Gasteiger partial charge is 0.124 e. The normalized spacial score (nSPS) is 14.9. The van der Waals surface area contributed by atoms with Crippen LogP contribution in [-0.4, -0.2) is 49.3 Å². The van der Waals surface area contributed by atoms with E-state index in [1.54, 1.807) is 23.5 Å². The number of aryl methyl sites for hydroxylation is 1. The lowest BCUT2D eigenvalue weighted by Crippen LogP contribution is -2.38. The highest BCUT2D eigenvalue weighted by Crippen LogP contribution is 2.33. The summed E-state index contributed by atoms with van der Waals surface area (Å²) < 4.78 is 24.4. The first-order chi connectivity index (χ1) is 13.7. The van der Waals surface area contributed by atoms with Gasteiger partial charge in [0.05, 0.1) is 18.9 Å². The third kappa shape index (κ3) is 4.58. The van der Waals surface area contributed by atoms with Crippen LogP contribution in [0.5, 0.6) is 5.75 Å². The molecule has 0 bridgehead atoms. The molecule has 1 aliphatic heterocycles. The standard InChI is InChI=1S/C22H23FN2O2S/c1-16-21(24-22(28-16)18-2-6-19(23)7-3-18)17-4-8-20(9-5-17)27-15-12-25-10-13-26-14-11-25/h2-9H,10-15H2,1H3. The summed E-state index contributed by atoms with van der Waals surface area (Å²) in [6, 6.07) is 14.5. The summed E-state index contributed by atoms with van der Waals surface area (Å²) in [4.78, 5) is 8.26. The van der Waals surface area contributed by atoms with Crippen LogP contribution < -0.4 is 4.74 Å². The summed E-state index contributed by atoms with van der Waals surface area (Å²) in [5.74, 6) is 0.630. The lowest BCUT2D eigenvalue weighted by atomic mass is 10.1. The van der Waals surface area contributed by atoms with Crippen molar-refractivity contribution in [1.82, 2.24) is 9.88 Å². The average Bonchev–Trinajstić information content (AvgIpc) is 3.11. The third-order valence-corrected chi connectivity index (χ3v) is 5.82. The van der Waals surface area contributed by atoms with E-state index in [1.807, 2.05) is 24.3 Å². The maximum absolute atomic E-state index is 13.1. The molecule has 146 valence electrons. The summed E-state index contributed by atoms with van der Waals surface area (Å²) in [5.41, 5.74) is 2.95. The molecule has 1 saturated heterocycles. The van der Waals surface area contributed by atoms with Gasteiger partial charge in [0.2, 0.25) is 0 Å². The van der Waals surface area contributed by atoms with Crippen molar-refractivity contribution in [2.24, 2.45) is 0 Å². The zero-order valence-electron chi connectivity index (χ0n) is 15.9. The van der Waals surface area contributed by atoms with Crippen LogP contribution in [0.4, 0.5) is 4.39 Å². The number of thiazole rings is 1. The second kappa shape index (κ2) is 8.82. The van der Waals surface area contributed by atoms with Gasteiger partial charge in [0.1, 0.15) is 23.2 Å². The SMILES string of the molecule is Cc1sc(-c2ccc(F)cc2)nc1-c1ccc(OCCN2CCOCC2)cc1. The number of aromatic nitrogens is 1. The van der Waals surface area contributed by atoms with Gasteiger partial charge >= 0.3 is 0 Å². The number of nitrogens with zero attached hydrogens (tertiary/aromatic N) is 2. The molecule has 1 fully saturated rings. The zero-order chi connectivity index (χ0) is 19.3. The molecule has 0 radical (unpaired) electrons. The number of morpholine rings is 1. The van der Waals surface area contributed by atoms with Crippen LogP contribution in [0, 0.1) is 12.7 Å². The number of halogens is 1. The average molecular weight is 399 g/mol. The lowest BCUT2D eigenvalue weighted by Gasteiger charge is -2.26. The van der Waals surface area contributed by atoms with Gasteiger partial charge in [-0.25, -0.2) is 9.37 Å². The molecule has 0 aliphatic carbocycles. The van der Waals surface area contributed by atoms with Crippen molar-refractivity contribution < 1.29 is 13.9 Å². The van der Waals surface area contributed by atoms with E-state index in [9.17, 15) is 4.39 Å². The first-order valence-electron chi connectivity index (χ1n) is 9.46. The van der Waals surface area contributed by atoms with Crippen LogP contribution in [0.3, 0.4) is 0 Å². The molecule has 0 amide bonds. The largest absolute Gasteiger partial charge is 0.492 e. The maximum Gasteiger partial charge on any atom is 0.124 e. The van der Waals surface area contributed by atoms with Crippen molar-refractivity contribution in [2.75, 3.05) is 39.5 Å². The van der Waals surface area contributed by atoms with Gasteiger partial charge in [-0.2, -0.15) is 0 Å².